The number of amides is 1. The van der Waals surface area contributed by atoms with Crippen LogP contribution in [0.15, 0.2) is 12.3 Å². The summed E-state index contributed by atoms with van der Waals surface area (Å²) in [5.41, 5.74) is 5.82. The Bertz CT molecular complexity index is 540. The molecule has 2 N–H and O–H groups in total. The molecule has 1 aromatic rings. The molecule has 2 heterocycles. The number of hydrogen-bond donors (Lipinski definition) is 1. The van der Waals surface area contributed by atoms with Crippen molar-refractivity contribution >= 4 is 11.6 Å². The Kier molecular flexibility index (Phi) is 4.59. The topological polar surface area (TPSA) is 104 Å². The molecule has 1 saturated heterocycles. The fraction of sp³-hybridized carbons (Fsp3) is 0.615. The third-order valence-corrected chi connectivity index (χ3v) is 3.51. The highest BCUT2D eigenvalue weighted by Gasteiger charge is 2.28. The second kappa shape index (κ2) is 6.23. The van der Waals surface area contributed by atoms with Crippen LogP contribution in [0.25, 0.3) is 0 Å². The van der Waals surface area contributed by atoms with Crippen LogP contribution in [0.4, 0.5) is 5.69 Å². The summed E-state index contributed by atoms with van der Waals surface area (Å²) in [6.07, 6.45) is 1.22. The maximum absolute atomic E-state index is 12.6. The number of carbonyl (C=O) groups excluding carboxylic acids is 1. The fourth-order valence-electron chi connectivity index (χ4n) is 2.37. The largest absolute Gasteiger partial charge is 0.373 e. The number of nitrogens with zero attached hydrogens (tertiary/aromatic N) is 3. The zero-order valence-corrected chi connectivity index (χ0v) is 12.2. The van der Waals surface area contributed by atoms with Gasteiger partial charge in [0.05, 0.1) is 23.8 Å². The molecule has 2 rings (SSSR count). The lowest BCUT2D eigenvalue weighted by atomic mass is 10.2. The van der Waals surface area contributed by atoms with Crippen LogP contribution in [0, 0.1) is 10.1 Å². The second-order valence-electron chi connectivity index (χ2n) is 5.32. The van der Waals surface area contributed by atoms with Crippen molar-refractivity contribution in [2.45, 2.75) is 26.0 Å². The van der Waals surface area contributed by atoms with Crippen molar-refractivity contribution in [3.63, 3.8) is 0 Å². The van der Waals surface area contributed by atoms with E-state index in [2.05, 4.69) is 0 Å². The molecule has 8 nitrogen and oxygen atoms in total. The standard InChI is InChI=1S/C13H20N4O4/c1-9(2)16-7-10(17(19)20)5-12(16)13(18)15-3-4-21-11(6-14)8-15/h5,7,9,11H,3-4,6,8,14H2,1-2H3. The molecule has 0 spiro atoms. The molecule has 0 aromatic carbocycles. The van der Waals surface area contributed by atoms with Crippen molar-refractivity contribution < 1.29 is 14.5 Å². The average Bonchev–Trinajstić information content (AvgIpc) is 2.92. The van der Waals surface area contributed by atoms with E-state index in [-0.39, 0.29) is 23.7 Å². The van der Waals surface area contributed by atoms with E-state index in [1.54, 1.807) is 9.47 Å². The minimum Gasteiger partial charge on any atom is -0.373 e. The normalized spacial score (nSPS) is 19.0. The lowest BCUT2D eigenvalue weighted by molar-refractivity contribution is -0.384. The van der Waals surface area contributed by atoms with Crippen molar-refractivity contribution in [3.8, 4) is 0 Å². The first-order valence-corrected chi connectivity index (χ1v) is 6.91. The summed E-state index contributed by atoms with van der Waals surface area (Å²) in [6.45, 7) is 5.40. The van der Waals surface area contributed by atoms with Gasteiger partial charge in [0.2, 0.25) is 0 Å². The number of carbonyl (C=O) groups is 1. The highest BCUT2D eigenvalue weighted by molar-refractivity contribution is 5.93. The van der Waals surface area contributed by atoms with Crippen LogP contribution in [0.3, 0.4) is 0 Å². The van der Waals surface area contributed by atoms with Crippen molar-refractivity contribution in [1.82, 2.24) is 9.47 Å². The predicted octanol–water partition coefficient (Wildman–Crippen LogP) is 0.777. The van der Waals surface area contributed by atoms with E-state index in [9.17, 15) is 14.9 Å². The zero-order valence-electron chi connectivity index (χ0n) is 12.2. The van der Waals surface area contributed by atoms with E-state index in [0.29, 0.717) is 31.9 Å². The molecule has 1 unspecified atom stereocenters. The zero-order chi connectivity index (χ0) is 15.6. The first-order chi connectivity index (χ1) is 9.93. The quantitative estimate of drug-likeness (QED) is 0.653. The summed E-state index contributed by atoms with van der Waals surface area (Å²) in [6, 6.07) is 1.29. The molecule has 1 aliphatic heterocycles. The van der Waals surface area contributed by atoms with E-state index in [1.807, 2.05) is 13.8 Å². The number of rotatable bonds is 4. The summed E-state index contributed by atoms with van der Waals surface area (Å²) in [5, 5.41) is 10.9. The molecule has 1 atom stereocenters. The third-order valence-electron chi connectivity index (χ3n) is 3.51. The molecule has 116 valence electrons. The van der Waals surface area contributed by atoms with Crippen LogP contribution in [-0.4, -0.2) is 52.6 Å². The van der Waals surface area contributed by atoms with Gasteiger partial charge in [-0.1, -0.05) is 0 Å². The molecular weight excluding hydrogens is 276 g/mol. The molecule has 1 aromatic heterocycles. The molecule has 1 aliphatic rings. The summed E-state index contributed by atoms with van der Waals surface area (Å²) in [7, 11) is 0. The lowest BCUT2D eigenvalue weighted by Crippen LogP contribution is -2.48. The van der Waals surface area contributed by atoms with E-state index in [1.165, 1.54) is 12.3 Å². The summed E-state index contributed by atoms with van der Waals surface area (Å²) < 4.78 is 7.06. The predicted molar refractivity (Wildman–Crippen MR) is 76.2 cm³/mol. The van der Waals surface area contributed by atoms with Gasteiger partial charge in [-0.2, -0.15) is 0 Å². The van der Waals surface area contributed by atoms with Crippen LogP contribution in [-0.2, 0) is 4.74 Å². The first kappa shape index (κ1) is 15.5. The van der Waals surface area contributed by atoms with Crippen molar-refractivity contribution in [2.24, 2.45) is 5.73 Å². The van der Waals surface area contributed by atoms with Crippen LogP contribution in [0.1, 0.15) is 30.4 Å². The number of nitro groups is 1. The van der Waals surface area contributed by atoms with Crippen molar-refractivity contribution in [1.29, 1.82) is 0 Å². The van der Waals surface area contributed by atoms with Crippen molar-refractivity contribution in [3.05, 3.63) is 28.1 Å². The third kappa shape index (κ3) is 3.22. The Morgan fingerprint density at radius 3 is 2.90 bits per heavy atom. The molecule has 0 radical (unpaired) electrons. The Balaban J connectivity index is 2.27. The second-order valence-corrected chi connectivity index (χ2v) is 5.32. The first-order valence-electron chi connectivity index (χ1n) is 6.91. The van der Waals surface area contributed by atoms with Crippen molar-refractivity contribution in [2.75, 3.05) is 26.2 Å². The minimum atomic E-state index is -0.488. The number of aromatic nitrogens is 1. The monoisotopic (exact) mass is 296 g/mol. The Morgan fingerprint density at radius 1 is 1.62 bits per heavy atom. The Labute approximate surface area is 122 Å². The molecule has 8 heteroatoms. The van der Waals surface area contributed by atoms with Gasteiger partial charge in [-0.05, 0) is 13.8 Å². The summed E-state index contributed by atoms with van der Waals surface area (Å²) in [5.74, 6) is -0.224. The van der Waals surface area contributed by atoms with Gasteiger partial charge in [0.25, 0.3) is 11.6 Å². The van der Waals surface area contributed by atoms with Gasteiger partial charge in [-0.25, -0.2) is 0 Å². The van der Waals surface area contributed by atoms with Gasteiger partial charge in [0.1, 0.15) is 5.69 Å². The van der Waals surface area contributed by atoms with E-state index in [0.717, 1.165) is 0 Å². The molecule has 21 heavy (non-hydrogen) atoms. The van der Waals surface area contributed by atoms with Crippen LogP contribution < -0.4 is 5.73 Å². The van der Waals surface area contributed by atoms with Gasteiger partial charge in [0, 0.05) is 31.7 Å². The summed E-state index contributed by atoms with van der Waals surface area (Å²) >= 11 is 0. The van der Waals surface area contributed by atoms with Crippen LogP contribution in [0.2, 0.25) is 0 Å². The summed E-state index contributed by atoms with van der Waals surface area (Å²) in [4.78, 5) is 24.7. The number of nitrogens with two attached hydrogens (primary N) is 1. The van der Waals surface area contributed by atoms with Crippen LogP contribution in [0.5, 0.6) is 0 Å². The molecule has 0 saturated carbocycles. The van der Waals surface area contributed by atoms with E-state index in [4.69, 9.17) is 10.5 Å². The number of hydrogen-bond acceptors (Lipinski definition) is 5. The van der Waals surface area contributed by atoms with E-state index >= 15 is 0 Å². The number of ether oxygens (including phenoxy) is 1. The number of morpholine rings is 1. The van der Waals surface area contributed by atoms with Gasteiger partial charge >= 0.3 is 0 Å². The average molecular weight is 296 g/mol. The highest BCUT2D eigenvalue weighted by Crippen LogP contribution is 2.22. The van der Waals surface area contributed by atoms with Gasteiger partial charge < -0.3 is 19.9 Å². The fourth-order valence-corrected chi connectivity index (χ4v) is 2.37. The Hall–Kier alpha value is -1.93. The maximum atomic E-state index is 12.6. The van der Waals surface area contributed by atoms with Gasteiger partial charge in [-0.3, -0.25) is 14.9 Å². The van der Waals surface area contributed by atoms with Crippen LogP contribution >= 0.6 is 0 Å². The maximum Gasteiger partial charge on any atom is 0.287 e. The lowest BCUT2D eigenvalue weighted by Gasteiger charge is -2.32. The smallest absolute Gasteiger partial charge is 0.287 e. The highest BCUT2D eigenvalue weighted by atomic mass is 16.6. The Morgan fingerprint density at radius 2 is 2.33 bits per heavy atom. The molecular formula is C13H20N4O4. The molecule has 1 fully saturated rings. The molecule has 1 amide bonds. The van der Waals surface area contributed by atoms with E-state index < -0.39 is 4.92 Å². The molecule has 0 bridgehead atoms. The SMILES string of the molecule is CC(C)n1cc([N+](=O)[O-])cc1C(=O)N1CCOC(CN)C1. The van der Waals surface area contributed by atoms with Gasteiger partial charge in [0.15, 0.2) is 0 Å². The minimum absolute atomic E-state index is 0.0380. The molecule has 0 aliphatic carbocycles. The van der Waals surface area contributed by atoms with Gasteiger partial charge in [-0.15, -0.1) is 0 Å².